The van der Waals surface area contributed by atoms with Gasteiger partial charge in [-0.15, -0.1) is 0 Å². The first kappa shape index (κ1) is 14.1. The molecule has 1 aromatic rings. The van der Waals surface area contributed by atoms with E-state index in [4.69, 9.17) is 0 Å². The second-order valence-corrected chi connectivity index (χ2v) is 5.66. The van der Waals surface area contributed by atoms with E-state index >= 15 is 0 Å². The van der Waals surface area contributed by atoms with Crippen molar-refractivity contribution in [1.29, 1.82) is 0 Å². The van der Waals surface area contributed by atoms with Gasteiger partial charge in [0.05, 0.1) is 0 Å². The lowest BCUT2D eigenvalue weighted by molar-refractivity contribution is -0.119. The molecule has 1 aliphatic rings. The van der Waals surface area contributed by atoms with E-state index in [2.05, 4.69) is 31.2 Å². The molecular weight excluding hydrogens is 234 g/mol. The molecule has 1 aliphatic heterocycles. The molecule has 2 rings (SSSR count). The lowest BCUT2D eigenvalue weighted by Gasteiger charge is -2.16. The summed E-state index contributed by atoms with van der Waals surface area (Å²) in [6, 6.07) is 8.56. The molecule has 1 atom stereocenters. The van der Waals surface area contributed by atoms with Crippen molar-refractivity contribution in [3.05, 3.63) is 29.8 Å². The highest BCUT2D eigenvalue weighted by Crippen LogP contribution is 2.25. The number of amides is 1. The molecule has 1 amide bonds. The molecule has 1 aromatic carbocycles. The van der Waals surface area contributed by atoms with Crippen LogP contribution in [0.5, 0.6) is 0 Å². The summed E-state index contributed by atoms with van der Waals surface area (Å²) in [5.41, 5.74) is 2.45. The molecule has 0 spiro atoms. The van der Waals surface area contributed by atoms with Gasteiger partial charge in [-0.05, 0) is 37.0 Å². The van der Waals surface area contributed by atoms with Crippen molar-refractivity contribution in [3.63, 3.8) is 0 Å². The third kappa shape index (κ3) is 3.59. The number of hydrogen-bond donors (Lipinski definition) is 0. The molecule has 0 bridgehead atoms. The van der Waals surface area contributed by atoms with Crippen molar-refractivity contribution in [2.24, 2.45) is 5.92 Å². The molecule has 1 heterocycles. The number of carbonyl (C=O) groups excluding carboxylic acids is 1. The lowest BCUT2D eigenvalue weighted by Crippen LogP contribution is -2.25. The summed E-state index contributed by atoms with van der Waals surface area (Å²) in [4.78, 5) is 13.9. The van der Waals surface area contributed by atoms with Crippen molar-refractivity contribution in [1.82, 2.24) is 0 Å². The Balaban J connectivity index is 1.89. The highest BCUT2D eigenvalue weighted by atomic mass is 16.2. The number of hydrogen-bond acceptors (Lipinski definition) is 1. The summed E-state index contributed by atoms with van der Waals surface area (Å²) in [5, 5.41) is 0. The van der Waals surface area contributed by atoms with E-state index in [1.807, 2.05) is 11.8 Å². The average molecular weight is 259 g/mol. The highest BCUT2D eigenvalue weighted by Gasteiger charge is 2.28. The molecule has 2 heteroatoms. The van der Waals surface area contributed by atoms with Crippen LogP contribution >= 0.6 is 0 Å². The standard InChI is InChI=1S/C17H25NO/c1-3-4-5-6-7-15-8-10-16(11-9-15)18-13-12-14(2)17(18)19/h8-11,14H,3-7,12-13H2,1-2H3. The van der Waals surface area contributed by atoms with Crippen LogP contribution in [0.3, 0.4) is 0 Å². The molecule has 1 unspecified atom stereocenters. The summed E-state index contributed by atoms with van der Waals surface area (Å²) in [7, 11) is 0. The summed E-state index contributed by atoms with van der Waals surface area (Å²) >= 11 is 0. The minimum absolute atomic E-state index is 0.189. The summed E-state index contributed by atoms with van der Waals surface area (Å²) in [6.07, 6.45) is 7.35. The third-order valence-electron chi connectivity index (χ3n) is 4.04. The van der Waals surface area contributed by atoms with Crippen molar-refractivity contribution in [2.45, 2.75) is 52.4 Å². The Labute approximate surface area is 116 Å². The number of nitrogens with zero attached hydrogens (tertiary/aromatic N) is 1. The fourth-order valence-corrected chi connectivity index (χ4v) is 2.68. The third-order valence-corrected chi connectivity index (χ3v) is 4.04. The van der Waals surface area contributed by atoms with Crippen molar-refractivity contribution < 1.29 is 4.79 Å². The molecule has 0 radical (unpaired) electrons. The molecule has 0 saturated carbocycles. The first-order valence-electron chi connectivity index (χ1n) is 7.62. The van der Waals surface area contributed by atoms with Gasteiger partial charge in [-0.1, -0.05) is 45.2 Å². The van der Waals surface area contributed by atoms with Gasteiger partial charge in [-0.25, -0.2) is 0 Å². The zero-order chi connectivity index (χ0) is 13.7. The summed E-state index contributed by atoms with van der Waals surface area (Å²) in [5.74, 6) is 0.462. The first-order valence-corrected chi connectivity index (χ1v) is 7.62. The van der Waals surface area contributed by atoms with Gasteiger partial charge in [-0.3, -0.25) is 4.79 Å². The Morgan fingerprint density at radius 2 is 1.89 bits per heavy atom. The second kappa shape index (κ2) is 6.74. The minimum Gasteiger partial charge on any atom is -0.312 e. The lowest BCUT2D eigenvalue weighted by atomic mass is 10.1. The van der Waals surface area contributed by atoms with E-state index in [1.54, 1.807) is 0 Å². The Bertz CT molecular complexity index is 410. The SMILES string of the molecule is CCCCCCc1ccc(N2CCC(C)C2=O)cc1. The van der Waals surface area contributed by atoms with Gasteiger partial charge in [-0.2, -0.15) is 0 Å². The maximum atomic E-state index is 12.0. The summed E-state index contributed by atoms with van der Waals surface area (Å²) < 4.78 is 0. The molecule has 0 aromatic heterocycles. The Morgan fingerprint density at radius 1 is 1.16 bits per heavy atom. The molecular formula is C17H25NO. The van der Waals surface area contributed by atoms with Crippen LogP contribution in [-0.4, -0.2) is 12.5 Å². The van der Waals surface area contributed by atoms with Crippen molar-refractivity contribution in [2.75, 3.05) is 11.4 Å². The van der Waals surface area contributed by atoms with Crippen molar-refractivity contribution >= 4 is 11.6 Å². The van der Waals surface area contributed by atoms with Gasteiger partial charge in [0.2, 0.25) is 5.91 Å². The Morgan fingerprint density at radius 3 is 2.47 bits per heavy atom. The molecule has 1 saturated heterocycles. The maximum Gasteiger partial charge on any atom is 0.229 e. The first-order chi connectivity index (χ1) is 9.22. The van der Waals surface area contributed by atoms with E-state index in [0.717, 1.165) is 25.1 Å². The molecule has 0 aliphatic carbocycles. The average Bonchev–Trinajstić information content (AvgIpc) is 2.76. The molecule has 1 fully saturated rings. The van der Waals surface area contributed by atoms with Crippen LogP contribution in [0.15, 0.2) is 24.3 Å². The predicted octanol–water partition coefficient (Wildman–Crippen LogP) is 4.18. The summed E-state index contributed by atoms with van der Waals surface area (Å²) in [6.45, 7) is 5.13. The number of unbranched alkanes of at least 4 members (excludes halogenated alkanes) is 3. The van der Waals surface area contributed by atoms with E-state index in [9.17, 15) is 4.79 Å². The van der Waals surface area contributed by atoms with Crippen LogP contribution in [0.1, 0.15) is 51.5 Å². The van der Waals surface area contributed by atoms with Gasteiger partial charge in [0, 0.05) is 18.2 Å². The van der Waals surface area contributed by atoms with Crippen LogP contribution in [-0.2, 0) is 11.2 Å². The normalized spacial score (nSPS) is 19.2. The maximum absolute atomic E-state index is 12.0. The number of benzene rings is 1. The molecule has 104 valence electrons. The zero-order valence-corrected chi connectivity index (χ0v) is 12.2. The Hall–Kier alpha value is -1.31. The van der Waals surface area contributed by atoms with Gasteiger partial charge in [0.1, 0.15) is 0 Å². The number of carbonyl (C=O) groups is 1. The van der Waals surface area contributed by atoms with Crippen LogP contribution in [0.2, 0.25) is 0 Å². The van der Waals surface area contributed by atoms with Crippen LogP contribution < -0.4 is 4.90 Å². The van der Waals surface area contributed by atoms with Gasteiger partial charge < -0.3 is 4.90 Å². The second-order valence-electron chi connectivity index (χ2n) is 5.66. The van der Waals surface area contributed by atoms with Gasteiger partial charge in [0.25, 0.3) is 0 Å². The van der Waals surface area contributed by atoms with Gasteiger partial charge in [0.15, 0.2) is 0 Å². The van der Waals surface area contributed by atoms with E-state index < -0.39 is 0 Å². The van der Waals surface area contributed by atoms with Gasteiger partial charge >= 0.3 is 0 Å². The zero-order valence-electron chi connectivity index (χ0n) is 12.2. The smallest absolute Gasteiger partial charge is 0.229 e. The predicted molar refractivity (Wildman–Crippen MR) is 80.4 cm³/mol. The largest absolute Gasteiger partial charge is 0.312 e. The minimum atomic E-state index is 0.189. The number of rotatable bonds is 6. The van der Waals surface area contributed by atoms with E-state index in [1.165, 1.54) is 31.2 Å². The van der Waals surface area contributed by atoms with Crippen LogP contribution in [0, 0.1) is 5.92 Å². The van der Waals surface area contributed by atoms with Crippen molar-refractivity contribution in [3.8, 4) is 0 Å². The molecule has 2 nitrogen and oxygen atoms in total. The molecule has 0 N–H and O–H groups in total. The van der Waals surface area contributed by atoms with E-state index in [-0.39, 0.29) is 11.8 Å². The fraction of sp³-hybridized carbons (Fsp3) is 0.588. The fourth-order valence-electron chi connectivity index (χ4n) is 2.68. The van der Waals surface area contributed by atoms with Crippen LogP contribution in [0.4, 0.5) is 5.69 Å². The highest BCUT2D eigenvalue weighted by molar-refractivity contribution is 5.96. The number of anilines is 1. The number of aryl methyl sites for hydroxylation is 1. The quantitative estimate of drug-likeness (QED) is 0.702. The topological polar surface area (TPSA) is 20.3 Å². The van der Waals surface area contributed by atoms with Crippen LogP contribution in [0.25, 0.3) is 0 Å². The molecule has 19 heavy (non-hydrogen) atoms. The van der Waals surface area contributed by atoms with E-state index in [0.29, 0.717) is 0 Å². The monoisotopic (exact) mass is 259 g/mol. The Kier molecular flexibility index (Phi) is 5.00.